The number of anilines is 2. The topological polar surface area (TPSA) is 67.2 Å². The highest BCUT2D eigenvalue weighted by molar-refractivity contribution is 5.99. The molecule has 0 atom stereocenters. The van der Waals surface area contributed by atoms with Gasteiger partial charge in [-0.05, 0) is 26.0 Å². The molecule has 1 heterocycles. The van der Waals surface area contributed by atoms with Gasteiger partial charge in [-0.15, -0.1) is 0 Å². The average Bonchev–Trinajstić information content (AvgIpc) is 2.66. The molecule has 0 saturated carbocycles. The molecule has 19 heavy (non-hydrogen) atoms. The molecule has 5 nitrogen and oxygen atoms in total. The molecule has 100 valence electrons. The van der Waals surface area contributed by atoms with Crippen molar-refractivity contribution in [1.29, 1.82) is 0 Å². The lowest BCUT2D eigenvalue weighted by Gasteiger charge is -2.06. The number of benzene rings is 1. The van der Waals surface area contributed by atoms with Crippen LogP contribution in [0.4, 0.5) is 25.1 Å². The van der Waals surface area contributed by atoms with Gasteiger partial charge in [0.05, 0.1) is 11.4 Å². The summed E-state index contributed by atoms with van der Waals surface area (Å²) in [5.41, 5.74) is 1.04. The lowest BCUT2D eigenvalue weighted by atomic mass is 10.3. The number of carbonyl (C=O) groups is 1. The summed E-state index contributed by atoms with van der Waals surface area (Å²) in [5.74, 6) is -1.22. The fourth-order valence-corrected chi connectivity index (χ4v) is 1.38. The Hall–Kier alpha value is -2.44. The zero-order valence-electron chi connectivity index (χ0n) is 10.3. The number of urea groups is 1. The molecule has 0 bridgehead atoms. The van der Waals surface area contributed by atoms with Gasteiger partial charge in [0.15, 0.2) is 0 Å². The van der Waals surface area contributed by atoms with Crippen LogP contribution in [0, 0.1) is 25.5 Å². The lowest BCUT2D eigenvalue weighted by Crippen LogP contribution is -2.20. The van der Waals surface area contributed by atoms with Crippen molar-refractivity contribution >= 4 is 17.6 Å². The van der Waals surface area contributed by atoms with E-state index in [-0.39, 0.29) is 11.6 Å². The van der Waals surface area contributed by atoms with Crippen LogP contribution in [-0.4, -0.2) is 11.2 Å². The first-order valence-corrected chi connectivity index (χ1v) is 5.43. The van der Waals surface area contributed by atoms with Crippen molar-refractivity contribution in [2.24, 2.45) is 0 Å². The van der Waals surface area contributed by atoms with Gasteiger partial charge in [0, 0.05) is 11.6 Å². The van der Waals surface area contributed by atoms with Gasteiger partial charge in [0.25, 0.3) is 0 Å². The molecular formula is C12H11F2N3O2. The third-order valence-corrected chi connectivity index (χ3v) is 2.56. The maximum Gasteiger partial charge on any atom is 0.326 e. The number of aromatic nitrogens is 1. The molecule has 2 amide bonds. The lowest BCUT2D eigenvalue weighted by molar-refractivity contribution is 0.261. The molecule has 7 heteroatoms. The smallest absolute Gasteiger partial charge is 0.326 e. The highest BCUT2D eigenvalue weighted by atomic mass is 19.1. The molecule has 0 unspecified atom stereocenters. The van der Waals surface area contributed by atoms with Crippen LogP contribution in [0.1, 0.15) is 11.3 Å². The zero-order chi connectivity index (χ0) is 14.0. The number of rotatable bonds is 2. The minimum absolute atomic E-state index is 0.159. The SMILES string of the molecule is Cc1noc(NC(=O)Nc2cc(F)ccc2F)c1C. The number of hydrogen-bond donors (Lipinski definition) is 2. The van der Waals surface area contributed by atoms with Crippen LogP contribution in [0.25, 0.3) is 0 Å². The molecule has 1 aromatic heterocycles. The van der Waals surface area contributed by atoms with Crippen LogP contribution in [0.2, 0.25) is 0 Å². The summed E-state index contributed by atoms with van der Waals surface area (Å²) in [4.78, 5) is 11.6. The third-order valence-electron chi connectivity index (χ3n) is 2.56. The molecule has 2 rings (SSSR count). The minimum atomic E-state index is -0.747. The summed E-state index contributed by atoms with van der Waals surface area (Å²) >= 11 is 0. The number of amides is 2. The number of hydrogen-bond acceptors (Lipinski definition) is 3. The monoisotopic (exact) mass is 267 g/mol. The summed E-state index contributed by atoms with van der Waals surface area (Å²) in [6.07, 6.45) is 0. The van der Waals surface area contributed by atoms with Crippen LogP contribution < -0.4 is 10.6 Å². The van der Waals surface area contributed by atoms with Gasteiger partial charge < -0.3 is 9.84 Å². The molecule has 0 aliphatic rings. The molecule has 0 aliphatic heterocycles. The van der Waals surface area contributed by atoms with Crippen LogP contribution in [-0.2, 0) is 0 Å². The number of nitrogens with zero attached hydrogens (tertiary/aromatic N) is 1. The summed E-state index contributed by atoms with van der Waals surface area (Å²) in [6.45, 7) is 3.43. The average molecular weight is 267 g/mol. The summed E-state index contributed by atoms with van der Waals surface area (Å²) in [7, 11) is 0. The van der Waals surface area contributed by atoms with Gasteiger partial charge in [-0.1, -0.05) is 5.16 Å². The van der Waals surface area contributed by atoms with Crippen molar-refractivity contribution < 1.29 is 18.1 Å². The zero-order valence-corrected chi connectivity index (χ0v) is 10.3. The second kappa shape index (κ2) is 5.05. The van der Waals surface area contributed by atoms with Crippen LogP contribution in [0.3, 0.4) is 0 Å². The number of halogens is 2. The van der Waals surface area contributed by atoms with E-state index in [4.69, 9.17) is 4.52 Å². The second-order valence-corrected chi connectivity index (χ2v) is 3.93. The molecule has 2 aromatic rings. The van der Waals surface area contributed by atoms with Crippen molar-refractivity contribution in [2.75, 3.05) is 10.6 Å². The number of carbonyl (C=O) groups excluding carboxylic acids is 1. The van der Waals surface area contributed by atoms with Crippen molar-refractivity contribution in [3.05, 3.63) is 41.1 Å². The molecule has 0 spiro atoms. The molecule has 2 N–H and O–H groups in total. The van der Waals surface area contributed by atoms with E-state index in [0.717, 1.165) is 18.2 Å². The van der Waals surface area contributed by atoms with E-state index >= 15 is 0 Å². The van der Waals surface area contributed by atoms with Crippen LogP contribution >= 0.6 is 0 Å². The van der Waals surface area contributed by atoms with Gasteiger partial charge in [-0.2, -0.15) is 0 Å². The highest BCUT2D eigenvalue weighted by Gasteiger charge is 2.13. The Morgan fingerprint density at radius 2 is 2.00 bits per heavy atom. The third kappa shape index (κ3) is 2.87. The van der Waals surface area contributed by atoms with Crippen LogP contribution in [0.15, 0.2) is 22.7 Å². The quantitative estimate of drug-likeness (QED) is 0.877. The van der Waals surface area contributed by atoms with Crippen molar-refractivity contribution in [2.45, 2.75) is 13.8 Å². The Bertz CT molecular complexity index is 625. The number of nitrogens with one attached hydrogen (secondary N) is 2. The molecule has 1 aromatic carbocycles. The predicted molar refractivity (Wildman–Crippen MR) is 65.0 cm³/mol. The first-order valence-electron chi connectivity index (χ1n) is 5.43. The molecular weight excluding hydrogens is 256 g/mol. The Morgan fingerprint density at radius 3 is 2.63 bits per heavy atom. The largest absolute Gasteiger partial charge is 0.338 e. The number of aryl methyl sites for hydroxylation is 1. The molecule has 0 aliphatic carbocycles. The van der Waals surface area contributed by atoms with E-state index < -0.39 is 17.7 Å². The fraction of sp³-hybridized carbons (Fsp3) is 0.167. The molecule has 0 saturated heterocycles. The summed E-state index contributed by atoms with van der Waals surface area (Å²) in [5, 5.41) is 8.20. The maximum absolute atomic E-state index is 13.3. The Kier molecular flexibility index (Phi) is 3.46. The van der Waals surface area contributed by atoms with E-state index in [1.54, 1.807) is 13.8 Å². The van der Waals surface area contributed by atoms with E-state index in [9.17, 15) is 13.6 Å². The second-order valence-electron chi connectivity index (χ2n) is 3.93. The van der Waals surface area contributed by atoms with Gasteiger partial charge in [-0.3, -0.25) is 5.32 Å². The van der Waals surface area contributed by atoms with Gasteiger partial charge >= 0.3 is 6.03 Å². The molecule has 0 radical (unpaired) electrons. The van der Waals surface area contributed by atoms with Gasteiger partial charge in [0.2, 0.25) is 5.88 Å². The van der Waals surface area contributed by atoms with Crippen molar-refractivity contribution in [1.82, 2.24) is 5.16 Å². The summed E-state index contributed by atoms with van der Waals surface area (Å²) in [6, 6.07) is 2.02. The normalized spacial score (nSPS) is 10.3. The van der Waals surface area contributed by atoms with Crippen molar-refractivity contribution in [3.8, 4) is 0 Å². The minimum Gasteiger partial charge on any atom is -0.338 e. The van der Waals surface area contributed by atoms with E-state index in [1.165, 1.54) is 0 Å². The Morgan fingerprint density at radius 1 is 1.26 bits per heavy atom. The van der Waals surface area contributed by atoms with Gasteiger partial charge in [0.1, 0.15) is 11.6 Å². The van der Waals surface area contributed by atoms with Gasteiger partial charge in [-0.25, -0.2) is 13.6 Å². The predicted octanol–water partition coefficient (Wildman–Crippen LogP) is 3.21. The van der Waals surface area contributed by atoms with E-state index in [0.29, 0.717) is 11.3 Å². The van der Waals surface area contributed by atoms with E-state index in [2.05, 4.69) is 15.8 Å². The first-order chi connectivity index (χ1) is 8.97. The maximum atomic E-state index is 13.3. The van der Waals surface area contributed by atoms with Crippen LogP contribution in [0.5, 0.6) is 0 Å². The highest BCUT2D eigenvalue weighted by Crippen LogP contribution is 2.19. The van der Waals surface area contributed by atoms with Crippen molar-refractivity contribution in [3.63, 3.8) is 0 Å². The molecule has 0 fully saturated rings. The Labute approximate surface area is 107 Å². The summed E-state index contributed by atoms with van der Waals surface area (Å²) < 4.78 is 31.1. The first kappa shape index (κ1) is 13.0. The van der Waals surface area contributed by atoms with E-state index in [1.807, 2.05) is 0 Å². The fourth-order valence-electron chi connectivity index (χ4n) is 1.38. The Balaban J connectivity index is 2.09. The standard InChI is InChI=1S/C12H11F2N3O2/c1-6-7(2)17-19-11(6)16-12(18)15-10-5-8(13)3-4-9(10)14/h3-5H,1-2H3,(H2,15,16,18).